The highest BCUT2D eigenvalue weighted by Gasteiger charge is 2.34. The normalized spacial score (nSPS) is 14.3. The molecule has 15 heteroatoms. The van der Waals surface area contributed by atoms with Crippen LogP contribution in [0.25, 0.3) is 6.08 Å². The summed E-state index contributed by atoms with van der Waals surface area (Å²) in [5, 5.41) is 22.8. The maximum Gasteiger partial charge on any atom is 0.338 e. The number of rotatable bonds is 11. The highest BCUT2D eigenvalue weighted by Crippen LogP contribution is 2.38. The maximum absolute atomic E-state index is 14.1. The van der Waals surface area contributed by atoms with Crippen LogP contribution in [0.1, 0.15) is 49.1 Å². The van der Waals surface area contributed by atoms with E-state index in [9.17, 15) is 29.8 Å². The number of esters is 1. The molecule has 0 spiro atoms. The second kappa shape index (κ2) is 14.3. The van der Waals surface area contributed by atoms with Crippen LogP contribution in [-0.2, 0) is 16.1 Å². The molecule has 2 heterocycles. The van der Waals surface area contributed by atoms with Crippen LogP contribution in [0, 0.1) is 27.2 Å². The van der Waals surface area contributed by atoms with E-state index < -0.39 is 27.4 Å². The van der Waals surface area contributed by atoms with Gasteiger partial charge < -0.3 is 14.2 Å². The number of halogens is 1. The zero-order chi connectivity index (χ0) is 34.7. The lowest BCUT2D eigenvalue weighted by Gasteiger charge is -2.24. The lowest BCUT2D eigenvalue weighted by Crippen LogP contribution is -2.40. The van der Waals surface area contributed by atoms with Crippen LogP contribution in [0.15, 0.2) is 80.1 Å². The van der Waals surface area contributed by atoms with Gasteiger partial charge in [-0.15, -0.1) is 0 Å². The minimum absolute atomic E-state index is 0.0247. The second-order valence-electron chi connectivity index (χ2n) is 10.6. The van der Waals surface area contributed by atoms with Crippen LogP contribution >= 0.6 is 27.3 Å². The van der Waals surface area contributed by atoms with Gasteiger partial charge in [-0.1, -0.05) is 23.5 Å². The number of non-ortho nitro benzene ring substituents is 1. The first-order valence-electron chi connectivity index (χ1n) is 14.7. The van der Waals surface area contributed by atoms with E-state index in [1.165, 1.54) is 22.8 Å². The van der Waals surface area contributed by atoms with Gasteiger partial charge in [-0.05, 0) is 90.7 Å². The summed E-state index contributed by atoms with van der Waals surface area (Å²) in [6, 6.07) is 13.1. The number of hydrogen-bond acceptors (Lipinski definition) is 11. The predicted molar refractivity (Wildman–Crippen MR) is 181 cm³/mol. The number of nitro groups is 2. The number of benzene rings is 3. The highest BCUT2D eigenvalue weighted by molar-refractivity contribution is 9.10. The number of nitrogens with zero attached hydrogens (tertiary/aromatic N) is 4. The van der Waals surface area contributed by atoms with Crippen molar-refractivity contribution in [2.75, 3.05) is 13.2 Å². The molecule has 0 fully saturated rings. The van der Waals surface area contributed by atoms with Gasteiger partial charge in [-0.25, -0.2) is 9.79 Å². The summed E-state index contributed by atoms with van der Waals surface area (Å²) in [6.07, 6.45) is 1.66. The molecule has 1 aromatic heterocycles. The van der Waals surface area contributed by atoms with Crippen molar-refractivity contribution in [2.24, 2.45) is 4.99 Å². The van der Waals surface area contributed by atoms with Gasteiger partial charge in [0.25, 0.3) is 16.9 Å². The van der Waals surface area contributed by atoms with Gasteiger partial charge in [-0.3, -0.25) is 29.6 Å². The molecule has 4 aromatic rings. The van der Waals surface area contributed by atoms with E-state index >= 15 is 0 Å². The fourth-order valence-electron chi connectivity index (χ4n) is 5.20. The molecular weight excluding hydrogens is 708 g/mol. The number of carbonyl (C=O) groups excluding carboxylic acids is 1. The van der Waals surface area contributed by atoms with E-state index in [0.717, 1.165) is 11.3 Å². The molecule has 0 saturated carbocycles. The molecule has 0 amide bonds. The minimum Gasteiger partial charge on any atom is -0.490 e. The van der Waals surface area contributed by atoms with Gasteiger partial charge in [0.05, 0.1) is 49.4 Å². The number of fused-ring (bicyclic) bond motifs is 1. The molecule has 1 aliphatic rings. The molecule has 1 unspecified atom stereocenters. The van der Waals surface area contributed by atoms with Crippen molar-refractivity contribution in [3.8, 4) is 11.5 Å². The Kier molecular flexibility index (Phi) is 10.2. The predicted octanol–water partition coefficient (Wildman–Crippen LogP) is 5.66. The van der Waals surface area contributed by atoms with E-state index in [2.05, 4.69) is 20.9 Å². The molecule has 0 N–H and O–H groups in total. The van der Waals surface area contributed by atoms with Crippen LogP contribution in [0.2, 0.25) is 0 Å². The van der Waals surface area contributed by atoms with E-state index in [0.29, 0.717) is 59.9 Å². The van der Waals surface area contributed by atoms with Crippen molar-refractivity contribution in [1.29, 1.82) is 0 Å². The molecule has 0 radical (unpaired) electrons. The van der Waals surface area contributed by atoms with Crippen LogP contribution in [0.5, 0.6) is 11.5 Å². The fourth-order valence-corrected chi connectivity index (χ4v) is 6.82. The van der Waals surface area contributed by atoms with Crippen molar-refractivity contribution in [3.63, 3.8) is 0 Å². The van der Waals surface area contributed by atoms with Gasteiger partial charge in [0.1, 0.15) is 6.61 Å². The average molecular weight is 738 g/mol. The summed E-state index contributed by atoms with van der Waals surface area (Å²) in [5.74, 6) is 0.137. The number of hydrogen-bond donors (Lipinski definition) is 0. The lowest BCUT2D eigenvalue weighted by molar-refractivity contribution is -0.385. The monoisotopic (exact) mass is 736 g/mol. The standard InChI is InChI=1S/C33H29BrN4O9S/c1-5-45-26-14-21(13-24(34)30(26)47-17-20-8-11-23(12-9-20)37(41)42)15-27-31(39)36-29(22-10-7-18(3)25(16-22)38(43)44)28(32(40)46-6-2)19(4)35-33(36)48-27/h7-16,29H,5-6,17H2,1-4H3. The molecule has 1 aliphatic heterocycles. The van der Waals surface area contributed by atoms with Gasteiger partial charge in [0, 0.05) is 23.8 Å². The Bertz CT molecular complexity index is 2160. The molecular formula is C33H29BrN4O9S. The number of allylic oxidation sites excluding steroid dienone is 1. The Morgan fingerprint density at radius 2 is 1.75 bits per heavy atom. The Morgan fingerprint density at radius 1 is 1.02 bits per heavy atom. The number of carbonyl (C=O) groups is 1. The Labute approximate surface area is 285 Å². The smallest absolute Gasteiger partial charge is 0.338 e. The first-order chi connectivity index (χ1) is 22.9. The van der Waals surface area contributed by atoms with Gasteiger partial charge in [0.2, 0.25) is 0 Å². The lowest BCUT2D eigenvalue weighted by atomic mass is 9.94. The first kappa shape index (κ1) is 34.2. The molecule has 0 saturated heterocycles. The van der Waals surface area contributed by atoms with Crippen molar-refractivity contribution < 1.29 is 28.9 Å². The molecule has 13 nitrogen and oxygen atoms in total. The van der Waals surface area contributed by atoms with Crippen molar-refractivity contribution >= 4 is 50.7 Å². The second-order valence-corrected chi connectivity index (χ2v) is 12.4. The first-order valence-corrected chi connectivity index (χ1v) is 16.3. The van der Waals surface area contributed by atoms with E-state index in [4.69, 9.17) is 14.2 Å². The van der Waals surface area contributed by atoms with Gasteiger partial charge >= 0.3 is 5.97 Å². The molecule has 48 heavy (non-hydrogen) atoms. The van der Waals surface area contributed by atoms with E-state index in [1.807, 2.05) is 6.92 Å². The largest absolute Gasteiger partial charge is 0.490 e. The summed E-state index contributed by atoms with van der Waals surface area (Å²) in [5.41, 5.74) is 1.95. The number of ether oxygens (including phenoxy) is 3. The number of aromatic nitrogens is 1. The molecule has 3 aromatic carbocycles. The van der Waals surface area contributed by atoms with Crippen molar-refractivity contribution in [2.45, 2.75) is 40.3 Å². The molecule has 0 bridgehead atoms. The minimum atomic E-state index is -1.01. The summed E-state index contributed by atoms with van der Waals surface area (Å²) in [7, 11) is 0. The third kappa shape index (κ3) is 6.92. The van der Waals surface area contributed by atoms with Crippen LogP contribution in [0.3, 0.4) is 0 Å². The van der Waals surface area contributed by atoms with Crippen LogP contribution < -0.4 is 24.4 Å². The van der Waals surface area contributed by atoms with E-state index in [1.54, 1.807) is 63.2 Å². The quantitative estimate of drug-likeness (QED) is 0.107. The Morgan fingerprint density at radius 3 is 2.40 bits per heavy atom. The van der Waals surface area contributed by atoms with Crippen molar-refractivity contribution in [3.05, 3.63) is 133 Å². The van der Waals surface area contributed by atoms with Crippen molar-refractivity contribution in [1.82, 2.24) is 4.57 Å². The molecule has 248 valence electrons. The van der Waals surface area contributed by atoms with Crippen LogP contribution in [0.4, 0.5) is 11.4 Å². The number of aryl methyl sites for hydroxylation is 1. The third-order valence-corrected chi connectivity index (χ3v) is 8.99. The van der Waals surface area contributed by atoms with Gasteiger partial charge in [-0.2, -0.15) is 0 Å². The Hall–Kier alpha value is -5.15. The third-order valence-electron chi connectivity index (χ3n) is 7.42. The SMILES string of the molecule is CCOC(=O)C1=C(C)N=c2sc(=Cc3cc(Br)c(OCc4ccc([N+](=O)[O-])cc4)c(OCC)c3)c(=O)n2C1c1ccc(C)c([N+](=O)[O-])c1. The van der Waals surface area contributed by atoms with Gasteiger partial charge in [0.15, 0.2) is 16.3 Å². The zero-order valence-electron chi connectivity index (χ0n) is 26.2. The number of nitro benzene ring substituents is 2. The topological polar surface area (TPSA) is 165 Å². The number of thiazole rings is 1. The molecule has 0 aliphatic carbocycles. The fraction of sp³-hybridized carbons (Fsp3) is 0.242. The van der Waals surface area contributed by atoms with Crippen LogP contribution in [-0.4, -0.2) is 33.6 Å². The summed E-state index contributed by atoms with van der Waals surface area (Å²) in [4.78, 5) is 54.0. The summed E-state index contributed by atoms with van der Waals surface area (Å²) < 4.78 is 19.4. The highest BCUT2D eigenvalue weighted by atomic mass is 79.9. The Balaban J connectivity index is 1.58. The average Bonchev–Trinajstić information content (AvgIpc) is 3.34. The molecule has 5 rings (SSSR count). The van der Waals surface area contributed by atoms with E-state index in [-0.39, 0.29) is 30.2 Å². The molecule has 1 atom stereocenters. The zero-order valence-corrected chi connectivity index (χ0v) is 28.6. The summed E-state index contributed by atoms with van der Waals surface area (Å²) in [6.45, 7) is 7.26. The summed E-state index contributed by atoms with van der Waals surface area (Å²) >= 11 is 4.66. The maximum atomic E-state index is 14.1.